The summed E-state index contributed by atoms with van der Waals surface area (Å²) in [6.45, 7) is 3.67. The van der Waals surface area contributed by atoms with E-state index in [0.29, 0.717) is 6.54 Å². The highest BCUT2D eigenvalue weighted by Gasteiger charge is 2.20. The summed E-state index contributed by atoms with van der Waals surface area (Å²) >= 11 is 0. The molecule has 0 saturated carbocycles. The van der Waals surface area contributed by atoms with Crippen molar-refractivity contribution in [2.75, 3.05) is 19.8 Å². The SMILES string of the molecule is Cc1cccc2c1OCCCC2NCCOC(N)=O. The van der Waals surface area contributed by atoms with Crippen LogP contribution in [0, 0.1) is 6.92 Å². The summed E-state index contributed by atoms with van der Waals surface area (Å²) < 4.78 is 10.5. The van der Waals surface area contributed by atoms with Gasteiger partial charge < -0.3 is 20.5 Å². The van der Waals surface area contributed by atoms with E-state index < -0.39 is 6.09 Å². The van der Waals surface area contributed by atoms with Crippen molar-refractivity contribution in [3.63, 3.8) is 0 Å². The van der Waals surface area contributed by atoms with E-state index in [4.69, 9.17) is 15.2 Å². The number of nitrogens with two attached hydrogens (primary N) is 1. The number of hydrogen-bond acceptors (Lipinski definition) is 4. The molecule has 19 heavy (non-hydrogen) atoms. The van der Waals surface area contributed by atoms with Crippen LogP contribution in [0.3, 0.4) is 0 Å². The van der Waals surface area contributed by atoms with E-state index >= 15 is 0 Å². The number of rotatable bonds is 4. The Morgan fingerprint density at radius 2 is 2.42 bits per heavy atom. The number of aryl methyl sites for hydroxylation is 1. The Labute approximate surface area is 113 Å². The fraction of sp³-hybridized carbons (Fsp3) is 0.500. The van der Waals surface area contributed by atoms with Gasteiger partial charge in [0.05, 0.1) is 6.61 Å². The number of benzene rings is 1. The van der Waals surface area contributed by atoms with Gasteiger partial charge in [0.25, 0.3) is 0 Å². The van der Waals surface area contributed by atoms with E-state index in [0.717, 1.165) is 30.8 Å². The Kier molecular flexibility index (Phi) is 4.63. The third-order valence-electron chi connectivity index (χ3n) is 3.24. The van der Waals surface area contributed by atoms with Crippen LogP contribution in [0.2, 0.25) is 0 Å². The largest absolute Gasteiger partial charge is 0.493 e. The van der Waals surface area contributed by atoms with Gasteiger partial charge in [0.15, 0.2) is 0 Å². The molecule has 2 rings (SSSR count). The standard InChI is InChI=1S/C14H20N2O3/c1-10-4-2-5-11-12(6-3-8-18-13(10)11)16-7-9-19-14(15)17/h2,4-5,12,16H,3,6-9H2,1H3,(H2,15,17). The Balaban J connectivity index is 2.01. The molecular formula is C14H20N2O3. The van der Waals surface area contributed by atoms with Crippen LogP contribution in [-0.2, 0) is 4.74 Å². The lowest BCUT2D eigenvalue weighted by molar-refractivity contribution is 0.156. The first-order chi connectivity index (χ1) is 9.18. The van der Waals surface area contributed by atoms with Crippen LogP contribution < -0.4 is 15.8 Å². The van der Waals surface area contributed by atoms with E-state index in [9.17, 15) is 4.79 Å². The normalized spacial score (nSPS) is 18.1. The molecule has 5 nitrogen and oxygen atoms in total. The summed E-state index contributed by atoms with van der Waals surface area (Å²) in [6, 6.07) is 6.41. The predicted octanol–water partition coefficient (Wildman–Crippen LogP) is 1.89. The summed E-state index contributed by atoms with van der Waals surface area (Å²) in [5.74, 6) is 0.980. The third kappa shape index (κ3) is 3.61. The van der Waals surface area contributed by atoms with Crippen LogP contribution in [0.1, 0.15) is 30.0 Å². The lowest BCUT2D eigenvalue weighted by atomic mass is 10.00. The van der Waals surface area contributed by atoms with Crippen LogP contribution in [0.25, 0.3) is 0 Å². The van der Waals surface area contributed by atoms with Gasteiger partial charge in [-0.2, -0.15) is 0 Å². The molecule has 5 heteroatoms. The highest BCUT2D eigenvalue weighted by molar-refractivity contribution is 5.64. The number of para-hydroxylation sites is 1. The maximum absolute atomic E-state index is 10.5. The monoisotopic (exact) mass is 264 g/mol. The lowest BCUT2D eigenvalue weighted by Gasteiger charge is -2.19. The molecule has 0 radical (unpaired) electrons. The van der Waals surface area contributed by atoms with Gasteiger partial charge in [0, 0.05) is 18.2 Å². The van der Waals surface area contributed by atoms with Crippen molar-refractivity contribution in [3.05, 3.63) is 29.3 Å². The Hall–Kier alpha value is -1.75. The first-order valence-electron chi connectivity index (χ1n) is 6.56. The van der Waals surface area contributed by atoms with Gasteiger partial charge in [0.2, 0.25) is 0 Å². The van der Waals surface area contributed by atoms with Crippen molar-refractivity contribution in [2.45, 2.75) is 25.8 Å². The molecule has 0 spiro atoms. The van der Waals surface area contributed by atoms with Crippen molar-refractivity contribution in [1.82, 2.24) is 5.32 Å². The zero-order chi connectivity index (χ0) is 13.7. The summed E-state index contributed by atoms with van der Waals surface area (Å²) in [5, 5.41) is 3.39. The van der Waals surface area contributed by atoms with E-state index in [1.165, 1.54) is 5.56 Å². The van der Waals surface area contributed by atoms with Crippen LogP contribution in [0.15, 0.2) is 18.2 Å². The molecule has 1 atom stereocenters. The number of ether oxygens (including phenoxy) is 2. The van der Waals surface area contributed by atoms with Crippen LogP contribution in [0.5, 0.6) is 5.75 Å². The molecule has 0 aliphatic carbocycles. The van der Waals surface area contributed by atoms with Crippen molar-refractivity contribution in [3.8, 4) is 5.75 Å². The molecule has 0 saturated heterocycles. The summed E-state index contributed by atoms with van der Waals surface area (Å²) in [5.41, 5.74) is 7.25. The quantitative estimate of drug-likeness (QED) is 0.814. The number of carbonyl (C=O) groups excluding carboxylic acids is 1. The van der Waals surface area contributed by atoms with Crippen LogP contribution in [-0.4, -0.2) is 25.9 Å². The summed E-state index contributed by atoms with van der Waals surface area (Å²) in [7, 11) is 0. The molecule has 1 aromatic rings. The minimum Gasteiger partial charge on any atom is -0.493 e. The summed E-state index contributed by atoms with van der Waals surface area (Å²) in [6.07, 6.45) is 1.28. The number of nitrogens with one attached hydrogen (secondary N) is 1. The van der Waals surface area contributed by atoms with E-state index in [-0.39, 0.29) is 12.6 Å². The van der Waals surface area contributed by atoms with Gasteiger partial charge in [-0.25, -0.2) is 4.79 Å². The maximum Gasteiger partial charge on any atom is 0.404 e. The Morgan fingerprint density at radius 3 is 3.21 bits per heavy atom. The molecule has 3 N–H and O–H groups in total. The Morgan fingerprint density at radius 1 is 1.58 bits per heavy atom. The second kappa shape index (κ2) is 6.43. The minimum atomic E-state index is -0.734. The van der Waals surface area contributed by atoms with Crippen molar-refractivity contribution < 1.29 is 14.3 Å². The molecular weight excluding hydrogens is 244 g/mol. The molecule has 104 valence electrons. The van der Waals surface area contributed by atoms with Crippen LogP contribution in [0.4, 0.5) is 4.79 Å². The molecule has 1 aliphatic heterocycles. The zero-order valence-electron chi connectivity index (χ0n) is 11.1. The average Bonchev–Trinajstić information content (AvgIpc) is 2.58. The minimum absolute atomic E-state index is 0.230. The number of fused-ring (bicyclic) bond motifs is 1. The second-order valence-electron chi connectivity index (χ2n) is 4.66. The summed E-state index contributed by atoms with van der Waals surface area (Å²) in [4.78, 5) is 10.5. The van der Waals surface area contributed by atoms with Crippen LogP contribution >= 0.6 is 0 Å². The Bertz CT molecular complexity index is 448. The molecule has 1 aromatic carbocycles. The smallest absolute Gasteiger partial charge is 0.404 e. The van der Waals surface area contributed by atoms with Gasteiger partial charge in [0.1, 0.15) is 12.4 Å². The second-order valence-corrected chi connectivity index (χ2v) is 4.66. The highest BCUT2D eigenvalue weighted by Crippen LogP contribution is 2.33. The molecule has 0 bridgehead atoms. The average molecular weight is 264 g/mol. The van der Waals surface area contributed by atoms with E-state index in [1.807, 2.05) is 6.07 Å². The number of amides is 1. The molecule has 0 aromatic heterocycles. The molecule has 1 amide bonds. The number of primary amides is 1. The van der Waals surface area contributed by atoms with Gasteiger partial charge in [-0.1, -0.05) is 18.2 Å². The van der Waals surface area contributed by atoms with Gasteiger partial charge in [-0.15, -0.1) is 0 Å². The zero-order valence-corrected chi connectivity index (χ0v) is 11.1. The molecule has 1 aliphatic rings. The molecule has 1 heterocycles. The van der Waals surface area contributed by atoms with Gasteiger partial charge >= 0.3 is 6.09 Å². The van der Waals surface area contributed by atoms with Crippen molar-refractivity contribution >= 4 is 6.09 Å². The van der Waals surface area contributed by atoms with Crippen molar-refractivity contribution in [1.29, 1.82) is 0 Å². The topological polar surface area (TPSA) is 73.6 Å². The van der Waals surface area contributed by atoms with E-state index in [1.54, 1.807) is 0 Å². The first-order valence-corrected chi connectivity index (χ1v) is 6.56. The number of hydrogen-bond donors (Lipinski definition) is 2. The maximum atomic E-state index is 10.5. The third-order valence-corrected chi connectivity index (χ3v) is 3.24. The van der Waals surface area contributed by atoms with Gasteiger partial charge in [-0.3, -0.25) is 0 Å². The fourth-order valence-corrected chi connectivity index (χ4v) is 2.36. The van der Waals surface area contributed by atoms with E-state index in [2.05, 4.69) is 24.4 Å². The molecule has 1 unspecified atom stereocenters. The highest BCUT2D eigenvalue weighted by atomic mass is 16.5. The van der Waals surface area contributed by atoms with Gasteiger partial charge in [-0.05, 0) is 25.3 Å². The fourth-order valence-electron chi connectivity index (χ4n) is 2.36. The number of carbonyl (C=O) groups is 1. The lowest BCUT2D eigenvalue weighted by Crippen LogP contribution is -2.27. The first kappa shape index (κ1) is 13.7. The molecule has 0 fully saturated rings. The predicted molar refractivity (Wildman–Crippen MR) is 72.2 cm³/mol. The van der Waals surface area contributed by atoms with Crippen molar-refractivity contribution in [2.24, 2.45) is 5.73 Å².